The van der Waals surface area contributed by atoms with E-state index in [9.17, 15) is 23.3 Å². The van der Waals surface area contributed by atoms with Crippen LogP contribution < -0.4 is 5.76 Å². The van der Waals surface area contributed by atoms with Crippen molar-refractivity contribution in [1.82, 2.24) is 13.8 Å². The first-order valence-electron chi connectivity index (χ1n) is 9.33. The molecule has 11 heteroatoms. The summed E-state index contributed by atoms with van der Waals surface area (Å²) in [6, 6.07) is 10.8. The second-order valence-corrected chi connectivity index (χ2v) is 9.06. The molecular weight excluding hydrogens is 412 g/mol. The van der Waals surface area contributed by atoms with E-state index in [1.807, 2.05) is 24.0 Å². The number of piperazine rings is 1. The van der Waals surface area contributed by atoms with Crippen LogP contribution in [0.5, 0.6) is 0 Å². The highest BCUT2D eigenvalue weighted by Gasteiger charge is 2.33. The molecule has 158 valence electrons. The first-order valence-corrected chi connectivity index (χ1v) is 10.8. The molecule has 0 spiro atoms. The summed E-state index contributed by atoms with van der Waals surface area (Å²) in [5.74, 6) is -0.467. The molecule has 4 rings (SSSR count). The van der Waals surface area contributed by atoms with Crippen molar-refractivity contribution in [3.8, 4) is 0 Å². The summed E-state index contributed by atoms with van der Waals surface area (Å²) >= 11 is 0. The summed E-state index contributed by atoms with van der Waals surface area (Å²) in [5, 5.41) is 11.2. The molecule has 0 atom stereocenters. The zero-order valence-corrected chi connectivity index (χ0v) is 17.0. The third-order valence-electron chi connectivity index (χ3n) is 5.18. The van der Waals surface area contributed by atoms with Gasteiger partial charge in [0.05, 0.1) is 17.1 Å². The Morgan fingerprint density at radius 3 is 2.50 bits per heavy atom. The molecule has 0 amide bonds. The maximum Gasteiger partial charge on any atom is 0.421 e. The Bertz CT molecular complexity index is 1270. The lowest BCUT2D eigenvalue weighted by molar-refractivity contribution is -0.387. The molecule has 10 nitrogen and oxygen atoms in total. The monoisotopic (exact) mass is 432 g/mol. The predicted molar refractivity (Wildman–Crippen MR) is 109 cm³/mol. The van der Waals surface area contributed by atoms with Crippen LogP contribution in [0.15, 0.2) is 56.6 Å². The Morgan fingerprint density at radius 2 is 1.80 bits per heavy atom. The Morgan fingerprint density at radius 1 is 1.10 bits per heavy atom. The molecule has 1 aromatic heterocycles. The minimum Gasteiger partial charge on any atom is -0.408 e. The maximum atomic E-state index is 12.9. The summed E-state index contributed by atoms with van der Waals surface area (Å²) in [7, 11) is -3.99. The number of benzene rings is 2. The smallest absolute Gasteiger partial charge is 0.408 e. The fraction of sp³-hybridized carbons (Fsp3) is 0.316. The predicted octanol–water partition coefficient (Wildman–Crippen LogP) is 1.78. The van der Waals surface area contributed by atoms with Crippen LogP contribution >= 0.6 is 0 Å². The minimum atomic E-state index is -3.99. The lowest BCUT2D eigenvalue weighted by atomic mass is 10.2. The first kappa shape index (κ1) is 20.3. The van der Waals surface area contributed by atoms with Crippen LogP contribution in [0, 0.1) is 17.0 Å². The van der Waals surface area contributed by atoms with Crippen LogP contribution in [-0.2, 0) is 16.7 Å². The van der Waals surface area contributed by atoms with Crippen LogP contribution in [0.1, 0.15) is 5.56 Å². The van der Waals surface area contributed by atoms with Crippen molar-refractivity contribution in [3.05, 3.63) is 68.7 Å². The number of sulfonamides is 1. The highest BCUT2D eigenvalue weighted by atomic mass is 32.2. The van der Waals surface area contributed by atoms with Gasteiger partial charge in [-0.1, -0.05) is 18.2 Å². The lowest BCUT2D eigenvalue weighted by Gasteiger charge is -2.33. The fourth-order valence-electron chi connectivity index (χ4n) is 3.58. The molecule has 0 unspecified atom stereocenters. The average Bonchev–Trinajstić information content (AvgIpc) is 3.03. The quantitative estimate of drug-likeness (QED) is 0.445. The van der Waals surface area contributed by atoms with Gasteiger partial charge >= 0.3 is 5.76 Å². The Labute approximate surface area is 172 Å². The largest absolute Gasteiger partial charge is 0.421 e. The van der Waals surface area contributed by atoms with Gasteiger partial charge in [0.15, 0.2) is 10.5 Å². The van der Waals surface area contributed by atoms with E-state index in [4.69, 9.17) is 4.42 Å². The van der Waals surface area contributed by atoms with Gasteiger partial charge in [0.25, 0.3) is 5.69 Å². The fourth-order valence-corrected chi connectivity index (χ4v) is 5.16. The summed E-state index contributed by atoms with van der Waals surface area (Å²) in [5.41, 5.74) is 1.75. The number of hydrogen-bond donors (Lipinski definition) is 0. The number of nitrogens with zero attached hydrogens (tertiary/aromatic N) is 4. The van der Waals surface area contributed by atoms with Crippen LogP contribution in [0.4, 0.5) is 5.69 Å². The van der Waals surface area contributed by atoms with Gasteiger partial charge in [-0.15, -0.1) is 0 Å². The molecule has 1 saturated heterocycles. The van der Waals surface area contributed by atoms with Crippen molar-refractivity contribution in [1.29, 1.82) is 0 Å². The molecule has 30 heavy (non-hydrogen) atoms. The van der Waals surface area contributed by atoms with Crippen molar-refractivity contribution in [2.24, 2.45) is 0 Å². The maximum absolute atomic E-state index is 12.9. The van der Waals surface area contributed by atoms with E-state index in [2.05, 4.69) is 0 Å². The van der Waals surface area contributed by atoms with Crippen LogP contribution in [0.25, 0.3) is 11.1 Å². The molecule has 2 heterocycles. The Kier molecular flexibility index (Phi) is 5.18. The molecule has 0 N–H and O–H groups in total. The molecule has 0 bridgehead atoms. The number of rotatable bonds is 5. The van der Waals surface area contributed by atoms with Crippen molar-refractivity contribution >= 4 is 26.8 Å². The molecule has 1 fully saturated rings. The third kappa shape index (κ3) is 3.62. The van der Waals surface area contributed by atoms with E-state index in [-0.39, 0.29) is 24.7 Å². The normalized spacial score (nSPS) is 16.2. The summed E-state index contributed by atoms with van der Waals surface area (Å²) in [6.45, 7) is 3.29. The van der Waals surface area contributed by atoms with Crippen molar-refractivity contribution in [2.45, 2.75) is 18.5 Å². The number of aromatic nitrogens is 1. The number of hydrogen-bond acceptors (Lipinski definition) is 7. The van der Waals surface area contributed by atoms with Crippen LogP contribution in [0.3, 0.4) is 0 Å². The molecular formula is C19H20N4O6S. The molecule has 3 aromatic rings. The number of fused-ring (bicyclic) bond motifs is 1. The topological polar surface area (TPSA) is 119 Å². The number of nitro groups is 1. The zero-order chi connectivity index (χ0) is 21.5. The van der Waals surface area contributed by atoms with E-state index in [1.54, 1.807) is 6.07 Å². The van der Waals surface area contributed by atoms with Crippen LogP contribution in [-0.4, -0.2) is 53.3 Å². The van der Waals surface area contributed by atoms with E-state index in [1.165, 1.54) is 33.1 Å². The van der Waals surface area contributed by atoms with Gasteiger partial charge in [-0.25, -0.2) is 13.2 Å². The van der Waals surface area contributed by atoms with E-state index < -0.39 is 26.4 Å². The lowest BCUT2D eigenvalue weighted by Crippen LogP contribution is -2.49. The Balaban J connectivity index is 1.51. The molecule has 0 radical (unpaired) electrons. The minimum absolute atomic E-state index is 0.165. The molecule has 1 aliphatic heterocycles. The van der Waals surface area contributed by atoms with Gasteiger partial charge in [-0.3, -0.25) is 19.6 Å². The summed E-state index contributed by atoms with van der Waals surface area (Å²) in [4.78, 5) is 24.4. The standard InChI is InChI=1S/C19H20N4O6S/c1-14-6-7-17-16(12-14)22(19(24)29-17)13-20-8-10-21(11-9-20)30(27,28)18-5-3-2-4-15(18)23(25)26/h2-7,12H,8-11,13H2,1H3. The van der Waals surface area contributed by atoms with Gasteiger partial charge in [0.1, 0.15) is 0 Å². The molecule has 0 saturated carbocycles. The number of oxazole rings is 1. The number of para-hydroxylation sites is 1. The van der Waals surface area contributed by atoms with E-state index in [0.717, 1.165) is 5.56 Å². The zero-order valence-electron chi connectivity index (χ0n) is 16.2. The molecule has 0 aliphatic carbocycles. The average molecular weight is 432 g/mol. The van der Waals surface area contributed by atoms with Gasteiger partial charge in [0.2, 0.25) is 10.0 Å². The highest BCUT2D eigenvalue weighted by molar-refractivity contribution is 7.89. The van der Waals surface area contributed by atoms with Crippen molar-refractivity contribution < 1.29 is 17.8 Å². The van der Waals surface area contributed by atoms with Crippen molar-refractivity contribution in [3.63, 3.8) is 0 Å². The van der Waals surface area contributed by atoms with E-state index >= 15 is 0 Å². The number of aryl methyl sites for hydroxylation is 1. The van der Waals surface area contributed by atoms with E-state index in [0.29, 0.717) is 24.2 Å². The highest BCUT2D eigenvalue weighted by Crippen LogP contribution is 2.27. The first-order chi connectivity index (χ1) is 14.3. The van der Waals surface area contributed by atoms with Gasteiger partial charge in [-0.2, -0.15) is 4.31 Å². The summed E-state index contributed by atoms with van der Waals surface area (Å²) < 4.78 is 33.9. The second kappa shape index (κ2) is 7.67. The SMILES string of the molecule is Cc1ccc2oc(=O)n(CN3CCN(S(=O)(=O)c4ccccc4[N+](=O)[O-])CC3)c2c1. The number of nitro benzene ring substituents is 1. The van der Waals surface area contributed by atoms with Gasteiger partial charge < -0.3 is 4.42 Å². The second-order valence-electron chi connectivity index (χ2n) is 7.16. The Hall–Kier alpha value is -3.02. The van der Waals surface area contributed by atoms with Gasteiger partial charge in [-0.05, 0) is 30.7 Å². The molecule has 2 aromatic carbocycles. The van der Waals surface area contributed by atoms with Crippen molar-refractivity contribution in [2.75, 3.05) is 26.2 Å². The molecule has 1 aliphatic rings. The van der Waals surface area contributed by atoms with Crippen LogP contribution in [0.2, 0.25) is 0 Å². The summed E-state index contributed by atoms with van der Waals surface area (Å²) in [6.07, 6.45) is 0. The van der Waals surface area contributed by atoms with Gasteiger partial charge in [0, 0.05) is 32.2 Å². The third-order valence-corrected chi connectivity index (χ3v) is 7.12.